The second-order valence-electron chi connectivity index (χ2n) is 5.34. The molecule has 1 aliphatic carbocycles. The molecule has 0 saturated heterocycles. The zero-order chi connectivity index (χ0) is 12.5. The van der Waals surface area contributed by atoms with Crippen LogP contribution in [-0.4, -0.2) is 12.6 Å². The molecule has 1 fully saturated rings. The molecule has 0 spiro atoms. The molecule has 0 radical (unpaired) electrons. The van der Waals surface area contributed by atoms with Crippen LogP contribution in [0.2, 0.25) is 0 Å². The number of hydrogen-bond donors (Lipinski definition) is 2. The molecule has 1 rings (SSSR count). The van der Waals surface area contributed by atoms with Crippen molar-refractivity contribution < 1.29 is 4.79 Å². The van der Waals surface area contributed by atoms with Gasteiger partial charge in [0.1, 0.15) is 0 Å². The van der Waals surface area contributed by atoms with Crippen molar-refractivity contribution in [2.24, 2.45) is 11.8 Å². The molecule has 0 bridgehead atoms. The fraction of sp³-hybridized carbons (Fsp3) is 0.786. The summed E-state index contributed by atoms with van der Waals surface area (Å²) in [4.78, 5) is 11.4. The molecular formula is C14H26N2O. The average Bonchev–Trinajstić information content (AvgIpc) is 2.30. The highest BCUT2D eigenvalue weighted by molar-refractivity contribution is 5.74. The molecule has 98 valence electrons. The van der Waals surface area contributed by atoms with E-state index in [-0.39, 0.29) is 6.03 Å². The molecule has 0 aliphatic heterocycles. The number of urea groups is 1. The molecule has 17 heavy (non-hydrogen) atoms. The molecule has 2 N–H and O–H groups in total. The normalized spacial score (nSPS) is 17.6. The summed E-state index contributed by atoms with van der Waals surface area (Å²) in [5.41, 5.74) is 0. The topological polar surface area (TPSA) is 41.1 Å². The van der Waals surface area contributed by atoms with Crippen LogP contribution in [0.5, 0.6) is 0 Å². The largest absolute Gasteiger partial charge is 0.338 e. The molecule has 0 atom stereocenters. The van der Waals surface area contributed by atoms with E-state index < -0.39 is 0 Å². The third kappa shape index (κ3) is 7.03. The van der Waals surface area contributed by atoms with Crippen molar-refractivity contribution in [1.82, 2.24) is 10.6 Å². The minimum absolute atomic E-state index is 0.0855. The lowest BCUT2D eigenvalue weighted by molar-refractivity contribution is 0.243. The maximum atomic E-state index is 11.4. The number of hydrogen-bond acceptors (Lipinski definition) is 1. The van der Waals surface area contributed by atoms with Gasteiger partial charge in [0.15, 0.2) is 0 Å². The minimum Gasteiger partial charge on any atom is -0.338 e. The molecule has 2 amide bonds. The molecule has 1 aliphatic rings. The van der Waals surface area contributed by atoms with E-state index in [9.17, 15) is 4.79 Å². The van der Waals surface area contributed by atoms with Crippen LogP contribution in [0.25, 0.3) is 0 Å². The van der Waals surface area contributed by atoms with Gasteiger partial charge in [-0.25, -0.2) is 4.79 Å². The predicted octanol–water partition coefficient (Wildman–Crippen LogP) is 3.43. The van der Waals surface area contributed by atoms with Gasteiger partial charge < -0.3 is 10.6 Å². The molecule has 0 aromatic carbocycles. The van der Waals surface area contributed by atoms with Crippen molar-refractivity contribution in [3.63, 3.8) is 0 Å². The SMILES string of the molecule is CC(C)CCNC(=O)N/C=C/C1CCCCC1. The van der Waals surface area contributed by atoms with Crippen molar-refractivity contribution in [1.29, 1.82) is 0 Å². The summed E-state index contributed by atoms with van der Waals surface area (Å²) in [5, 5.41) is 5.62. The highest BCUT2D eigenvalue weighted by Crippen LogP contribution is 2.24. The van der Waals surface area contributed by atoms with E-state index in [0.29, 0.717) is 11.8 Å². The molecule has 3 nitrogen and oxygen atoms in total. The van der Waals surface area contributed by atoms with E-state index in [4.69, 9.17) is 0 Å². The third-order valence-electron chi connectivity index (χ3n) is 3.24. The molecule has 0 heterocycles. The highest BCUT2D eigenvalue weighted by Gasteiger charge is 2.09. The van der Waals surface area contributed by atoms with E-state index in [1.807, 2.05) is 0 Å². The Balaban J connectivity index is 2.07. The van der Waals surface area contributed by atoms with Crippen LogP contribution in [0.15, 0.2) is 12.3 Å². The van der Waals surface area contributed by atoms with Gasteiger partial charge in [-0.3, -0.25) is 0 Å². The third-order valence-corrected chi connectivity index (χ3v) is 3.24. The average molecular weight is 238 g/mol. The van der Waals surface area contributed by atoms with Crippen molar-refractivity contribution in [3.05, 3.63) is 12.3 Å². The van der Waals surface area contributed by atoms with Gasteiger partial charge in [-0.2, -0.15) is 0 Å². The monoisotopic (exact) mass is 238 g/mol. The van der Waals surface area contributed by atoms with Crippen LogP contribution < -0.4 is 10.6 Å². The fourth-order valence-electron chi connectivity index (χ4n) is 2.11. The lowest BCUT2D eigenvalue weighted by Gasteiger charge is -2.17. The maximum absolute atomic E-state index is 11.4. The van der Waals surface area contributed by atoms with Crippen LogP contribution in [0.3, 0.4) is 0 Å². The van der Waals surface area contributed by atoms with Crippen LogP contribution in [-0.2, 0) is 0 Å². The van der Waals surface area contributed by atoms with Gasteiger partial charge in [-0.15, -0.1) is 0 Å². The fourth-order valence-corrected chi connectivity index (χ4v) is 2.11. The first-order chi connectivity index (χ1) is 8.18. The summed E-state index contributed by atoms with van der Waals surface area (Å²) in [7, 11) is 0. The smallest absolute Gasteiger partial charge is 0.318 e. The number of carbonyl (C=O) groups is 1. The number of nitrogens with one attached hydrogen (secondary N) is 2. The van der Waals surface area contributed by atoms with Crippen LogP contribution >= 0.6 is 0 Å². The Bertz CT molecular complexity index is 243. The van der Waals surface area contributed by atoms with Gasteiger partial charge in [-0.1, -0.05) is 39.2 Å². The summed E-state index contributed by atoms with van der Waals surface area (Å²) in [6.07, 6.45) is 11.5. The summed E-state index contributed by atoms with van der Waals surface area (Å²) >= 11 is 0. The number of rotatable bonds is 5. The van der Waals surface area contributed by atoms with Gasteiger partial charge >= 0.3 is 6.03 Å². The Morgan fingerprint density at radius 3 is 2.65 bits per heavy atom. The van der Waals surface area contributed by atoms with Gasteiger partial charge in [0.25, 0.3) is 0 Å². The first-order valence-corrected chi connectivity index (χ1v) is 6.89. The van der Waals surface area contributed by atoms with Crippen LogP contribution in [0, 0.1) is 11.8 Å². The molecular weight excluding hydrogens is 212 g/mol. The molecule has 0 aromatic heterocycles. The summed E-state index contributed by atoms with van der Waals surface area (Å²) in [6.45, 7) is 5.06. The van der Waals surface area contributed by atoms with Crippen LogP contribution in [0.1, 0.15) is 52.4 Å². The van der Waals surface area contributed by atoms with Crippen molar-refractivity contribution in [2.45, 2.75) is 52.4 Å². The second-order valence-corrected chi connectivity index (χ2v) is 5.34. The Hall–Kier alpha value is -0.990. The van der Waals surface area contributed by atoms with Crippen molar-refractivity contribution in [3.8, 4) is 0 Å². The first kappa shape index (κ1) is 14.1. The Morgan fingerprint density at radius 1 is 1.29 bits per heavy atom. The Morgan fingerprint density at radius 2 is 2.00 bits per heavy atom. The Kier molecular flexibility index (Phi) is 6.75. The Labute approximate surface area is 105 Å². The van der Waals surface area contributed by atoms with Gasteiger partial charge in [0.05, 0.1) is 0 Å². The molecule has 0 aromatic rings. The lowest BCUT2D eigenvalue weighted by atomic mass is 9.89. The van der Waals surface area contributed by atoms with E-state index in [1.54, 1.807) is 6.20 Å². The number of amides is 2. The minimum atomic E-state index is -0.0855. The van der Waals surface area contributed by atoms with E-state index in [0.717, 1.165) is 13.0 Å². The quantitative estimate of drug-likeness (QED) is 0.757. The summed E-state index contributed by atoms with van der Waals surface area (Å²) < 4.78 is 0. The van der Waals surface area contributed by atoms with E-state index in [2.05, 4.69) is 30.6 Å². The van der Waals surface area contributed by atoms with E-state index in [1.165, 1.54) is 32.1 Å². The van der Waals surface area contributed by atoms with E-state index >= 15 is 0 Å². The standard InChI is InChI=1S/C14H26N2O/c1-12(2)8-10-15-14(17)16-11-9-13-6-4-3-5-7-13/h9,11-13H,3-8,10H2,1-2H3,(H2,15,16,17)/b11-9+. The van der Waals surface area contributed by atoms with Gasteiger partial charge in [0, 0.05) is 12.7 Å². The molecule has 3 heteroatoms. The lowest BCUT2D eigenvalue weighted by Crippen LogP contribution is -2.33. The number of allylic oxidation sites excluding steroid dienone is 1. The maximum Gasteiger partial charge on any atom is 0.318 e. The summed E-state index contributed by atoms with van der Waals surface area (Å²) in [6, 6.07) is -0.0855. The zero-order valence-corrected chi connectivity index (χ0v) is 11.2. The first-order valence-electron chi connectivity index (χ1n) is 6.89. The van der Waals surface area contributed by atoms with Crippen LogP contribution in [0.4, 0.5) is 4.79 Å². The summed E-state index contributed by atoms with van der Waals surface area (Å²) in [5.74, 6) is 1.30. The second kappa shape index (κ2) is 8.15. The van der Waals surface area contributed by atoms with Gasteiger partial charge in [-0.05, 0) is 31.1 Å². The molecule has 0 unspecified atom stereocenters. The molecule has 1 saturated carbocycles. The number of carbonyl (C=O) groups excluding carboxylic acids is 1. The van der Waals surface area contributed by atoms with Crippen molar-refractivity contribution in [2.75, 3.05) is 6.54 Å². The highest BCUT2D eigenvalue weighted by atomic mass is 16.2. The van der Waals surface area contributed by atoms with Crippen molar-refractivity contribution >= 4 is 6.03 Å². The predicted molar refractivity (Wildman–Crippen MR) is 71.7 cm³/mol. The zero-order valence-electron chi connectivity index (χ0n) is 11.2. The van der Waals surface area contributed by atoms with Gasteiger partial charge in [0.2, 0.25) is 0 Å².